The van der Waals surface area contributed by atoms with Crippen molar-refractivity contribution in [1.82, 2.24) is 19.9 Å². The molecule has 0 aliphatic carbocycles. The normalized spacial score (nSPS) is 13.9. The molecule has 5 rings (SSSR count). The minimum atomic E-state index is 0.0792. The van der Waals surface area contributed by atoms with E-state index >= 15 is 0 Å². The summed E-state index contributed by atoms with van der Waals surface area (Å²) in [4.78, 5) is 17.8. The molecule has 3 aromatic heterocycles. The maximum atomic E-state index is 9.68. The third-order valence-corrected chi connectivity index (χ3v) is 5.71. The van der Waals surface area contributed by atoms with Gasteiger partial charge in [-0.05, 0) is 48.0 Å². The highest BCUT2D eigenvalue weighted by Gasteiger charge is 2.17. The highest BCUT2D eigenvalue weighted by Crippen LogP contribution is 2.27. The van der Waals surface area contributed by atoms with Crippen molar-refractivity contribution in [2.24, 2.45) is 0 Å². The van der Waals surface area contributed by atoms with Crippen LogP contribution in [0.15, 0.2) is 73.3 Å². The Morgan fingerprint density at radius 2 is 1.85 bits per heavy atom. The van der Waals surface area contributed by atoms with Gasteiger partial charge in [0.2, 0.25) is 0 Å². The molecule has 1 aromatic carbocycles. The molecule has 0 amide bonds. The molecule has 1 saturated heterocycles. The lowest BCUT2D eigenvalue weighted by Gasteiger charge is -2.23. The minimum Gasteiger partial charge on any atom is -0.489 e. The molecule has 0 spiro atoms. The molecule has 0 radical (unpaired) electrons. The van der Waals surface area contributed by atoms with Gasteiger partial charge in [0.1, 0.15) is 23.7 Å². The lowest BCUT2D eigenvalue weighted by Crippen LogP contribution is -2.26. The minimum absolute atomic E-state index is 0.0792. The van der Waals surface area contributed by atoms with E-state index in [-0.39, 0.29) is 6.10 Å². The van der Waals surface area contributed by atoms with Crippen LogP contribution in [0.25, 0.3) is 22.5 Å². The first kappa shape index (κ1) is 21.7. The lowest BCUT2D eigenvalue weighted by molar-refractivity contribution is 0.0254. The Morgan fingerprint density at radius 1 is 0.941 bits per heavy atom. The molecule has 4 aromatic rings. The zero-order chi connectivity index (χ0) is 23.2. The van der Waals surface area contributed by atoms with Gasteiger partial charge in [-0.1, -0.05) is 6.07 Å². The molecule has 1 aliphatic rings. The number of ether oxygens (including phenoxy) is 2. The second kappa shape index (κ2) is 10.2. The smallest absolute Gasteiger partial charge is 0.137 e. The number of aromatic nitrogens is 4. The van der Waals surface area contributed by atoms with Crippen LogP contribution in [0.2, 0.25) is 0 Å². The summed E-state index contributed by atoms with van der Waals surface area (Å²) in [5.41, 5.74) is 4.98. The summed E-state index contributed by atoms with van der Waals surface area (Å²) >= 11 is 0. The Bertz CT molecular complexity index is 1300. The first-order valence-electron chi connectivity index (χ1n) is 11.2. The molecular formula is C27H23N5O2. The van der Waals surface area contributed by atoms with Crippen molar-refractivity contribution in [3.63, 3.8) is 0 Å². The fraction of sp³-hybridized carbons (Fsp3) is 0.222. The molecule has 0 atom stereocenters. The molecule has 168 valence electrons. The van der Waals surface area contributed by atoms with Crippen molar-refractivity contribution >= 4 is 0 Å². The first-order chi connectivity index (χ1) is 16.8. The highest BCUT2D eigenvalue weighted by molar-refractivity contribution is 5.64. The maximum Gasteiger partial charge on any atom is 0.137 e. The third-order valence-electron chi connectivity index (χ3n) is 5.71. The summed E-state index contributed by atoms with van der Waals surface area (Å²) in [5, 5.41) is 9.68. The van der Waals surface area contributed by atoms with Crippen molar-refractivity contribution in [2.75, 3.05) is 13.2 Å². The molecule has 0 bridgehead atoms. The zero-order valence-corrected chi connectivity index (χ0v) is 18.6. The highest BCUT2D eigenvalue weighted by atomic mass is 16.5. The van der Waals surface area contributed by atoms with Gasteiger partial charge in [-0.15, -0.1) is 0 Å². The summed E-state index contributed by atoms with van der Waals surface area (Å²) in [6.45, 7) is 1.38. The van der Waals surface area contributed by atoms with Gasteiger partial charge in [0, 0.05) is 55.2 Å². The van der Waals surface area contributed by atoms with Crippen LogP contribution >= 0.6 is 0 Å². The molecule has 0 saturated carbocycles. The topological polar surface area (TPSA) is 93.8 Å². The molecule has 0 unspecified atom stereocenters. The van der Waals surface area contributed by atoms with Crippen molar-refractivity contribution in [3.05, 3.63) is 90.3 Å². The maximum absolute atomic E-state index is 9.68. The molecule has 1 aliphatic heterocycles. The van der Waals surface area contributed by atoms with Crippen LogP contribution in [0.1, 0.15) is 29.8 Å². The van der Waals surface area contributed by atoms with Gasteiger partial charge < -0.3 is 9.47 Å². The number of rotatable bonds is 6. The summed E-state index contributed by atoms with van der Waals surface area (Å²) in [5.74, 6) is 1.29. The van der Waals surface area contributed by atoms with Crippen LogP contribution in [-0.4, -0.2) is 39.3 Å². The predicted molar refractivity (Wildman–Crippen MR) is 127 cm³/mol. The predicted octanol–water partition coefficient (Wildman–Crippen LogP) is 4.62. The Kier molecular flexibility index (Phi) is 6.50. The zero-order valence-electron chi connectivity index (χ0n) is 18.6. The molecule has 1 fully saturated rings. The Hall–Kier alpha value is -4.15. The number of hydrogen-bond donors (Lipinski definition) is 0. The van der Waals surface area contributed by atoms with Gasteiger partial charge in [-0.25, -0.2) is 9.97 Å². The number of nitrogens with zero attached hydrogens (tertiary/aromatic N) is 5. The van der Waals surface area contributed by atoms with Gasteiger partial charge in [0.25, 0.3) is 0 Å². The Morgan fingerprint density at radius 3 is 2.62 bits per heavy atom. The summed E-state index contributed by atoms with van der Waals surface area (Å²) < 4.78 is 11.5. The molecule has 7 nitrogen and oxygen atoms in total. The van der Waals surface area contributed by atoms with E-state index in [2.05, 4.69) is 21.0 Å². The number of benzene rings is 1. The fourth-order valence-corrected chi connectivity index (χ4v) is 3.89. The van der Waals surface area contributed by atoms with Crippen LogP contribution in [0.3, 0.4) is 0 Å². The molecular weight excluding hydrogens is 426 g/mol. The average molecular weight is 450 g/mol. The van der Waals surface area contributed by atoms with E-state index < -0.39 is 0 Å². The summed E-state index contributed by atoms with van der Waals surface area (Å²) in [6.07, 6.45) is 9.43. The quantitative estimate of drug-likeness (QED) is 0.424. The Balaban J connectivity index is 1.32. The van der Waals surface area contributed by atoms with Crippen molar-refractivity contribution in [2.45, 2.75) is 25.4 Å². The second-order valence-electron chi connectivity index (χ2n) is 8.08. The lowest BCUT2D eigenvalue weighted by atomic mass is 10.1. The largest absolute Gasteiger partial charge is 0.489 e. The van der Waals surface area contributed by atoms with Gasteiger partial charge in [0.15, 0.2) is 0 Å². The number of hydrogen-bond acceptors (Lipinski definition) is 7. The van der Waals surface area contributed by atoms with Crippen molar-refractivity contribution in [3.8, 4) is 34.3 Å². The summed E-state index contributed by atoms with van der Waals surface area (Å²) in [7, 11) is 0. The number of nitriles is 1. The van der Waals surface area contributed by atoms with Gasteiger partial charge >= 0.3 is 0 Å². The fourth-order valence-electron chi connectivity index (χ4n) is 3.89. The monoisotopic (exact) mass is 449 g/mol. The van der Waals surface area contributed by atoms with E-state index in [9.17, 15) is 5.26 Å². The molecule has 7 heteroatoms. The van der Waals surface area contributed by atoms with E-state index in [1.54, 1.807) is 18.6 Å². The standard InChI is InChI=1S/C27H23N5O2/c28-16-22-15-20(4-6-26(22)34-23-8-12-33-13-9-23)25-7-11-30-27(32-25)14-19-3-5-24(31-17-19)21-2-1-10-29-18-21/h1-7,10-11,15,17-18,23H,8-9,12-14H2. The van der Waals surface area contributed by atoms with Crippen LogP contribution < -0.4 is 4.74 Å². The van der Waals surface area contributed by atoms with Crippen molar-refractivity contribution in [1.29, 1.82) is 5.26 Å². The molecule has 4 heterocycles. The SMILES string of the molecule is N#Cc1cc(-c2ccnc(Cc3ccc(-c4cccnc4)nc3)n2)ccc1OC1CCOCC1. The molecule has 34 heavy (non-hydrogen) atoms. The van der Waals surface area contributed by atoms with Crippen LogP contribution in [0.5, 0.6) is 5.75 Å². The average Bonchev–Trinajstić information content (AvgIpc) is 2.91. The summed E-state index contributed by atoms with van der Waals surface area (Å²) in [6, 6.07) is 17.6. The Labute approximate surface area is 198 Å². The molecule has 0 N–H and O–H groups in total. The van der Waals surface area contributed by atoms with E-state index in [4.69, 9.17) is 14.5 Å². The van der Waals surface area contributed by atoms with Crippen molar-refractivity contribution < 1.29 is 9.47 Å². The first-order valence-corrected chi connectivity index (χ1v) is 11.2. The number of pyridine rings is 2. The van der Waals surface area contributed by atoms with E-state index in [1.165, 1.54) is 0 Å². The third kappa shape index (κ3) is 5.08. The van der Waals surface area contributed by atoms with Crippen LogP contribution in [0, 0.1) is 11.3 Å². The van der Waals surface area contributed by atoms with Crippen LogP contribution in [-0.2, 0) is 11.2 Å². The van der Waals surface area contributed by atoms with Crippen LogP contribution in [0.4, 0.5) is 0 Å². The van der Waals surface area contributed by atoms with Gasteiger partial charge in [-0.2, -0.15) is 5.26 Å². The van der Waals surface area contributed by atoms with E-state index in [0.717, 1.165) is 40.9 Å². The van der Waals surface area contributed by atoms with Gasteiger partial charge in [-0.3, -0.25) is 9.97 Å². The van der Waals surface area contributed by atoms with E-state index in [0.29, 0.717) is 36.8 Å². The second-order valence-corrected chi connectivity index (χ2v) is 8.08. The van der Waals surface area contributed by atoms with Gasteiger partial charge in [0.05, 0.1) is 30.2 Å². The van der Waals surface area contributed by atoms with E-state index in [1.807, 2.05) is 54.7 Å².